The van der Waals surface area contributed by atoms with E-state index in [0.717, 1.165) is 7.11 Å². The summed E-state index contributed by atoms with van der Waals surface area (Å²) in [5, 5.41) is 12.9. The zero-order valence-corrected chi connectivity index (χ0v) is 9.30. The lowest BCUT2D eigenvalue weighted by Gasteiger charge is -2.20. The lowest BCUT2D eigenvalue weighted by molar-refractivity contribution is -0.165. The van der Waals surface area contributed by atoms with Crippen LogP contribution in [0, 0.1) is 5.41 Å². The topological polar surface area (TPSA) is 94.3 Å². The van der Waals surface area contributed by atoms with Gasteiger partial charge in [-0.2, -0.15) is 5.10 Å². The van der Waals surface area contributed by atoms with Crippen molar-refractivity contribution in [3.8, 4) is 0 Å². The largest absolute Gasteiger partial charge is 0.480 e. The van der Waals surface area contributed by atoms with Crippen molar-refractivity contribution < 1.29 is 19.4 Å². The normalized spacial score (nSPS) is 14.2. The third-order valence-corrected chi connectivity index (χ3v) is 2.42. The molecule has 1 unspecified atom stereocenters. The number of carbonyl (C=O) groups is 2. The van der Waals surface area contributed by atoms with Gasteiger partial charge in [0.05, 0.1) is 7.11 Å². The third-order valence-electron chi connectivity index (χ3n) is 2.42. The van der Waals surface area contributed by atoms with Crippen LogP contribution in [0.2, 0.25) is 0 Å². The van der Waals surface area contributed by atoms with E-state index in [1.54, 1.807) is 7.05 Å². The van der Waals surface area contributed by atoms with Gasteiger partial charge in [-0.3, -0.25) is 14.3 Å². The summed E-state index contributed by atoms with van der Waals surface area (Å²) in [4.78, 5) is 26.4. The first-order valence-electron chi connectivity index (χ1n) is 4.56. The van der Waals surface area contributed by atoms with Gasteiger partial charge >= 0.3 is 11.9 Å². The Hall–Kier alpha value is -1.92. The van der Waals surface area contributed by atoms with Crippen LogP contribution < -0.4 is 0 Å². The second kappa shape index (κ2) is 4.30. The Labute approximate surface area is 92.0 Å². The Bertz CT molecular complexity index is 415. The lowest BCUT2D eigenvalue weighted by atomic mass is 9.86. The van der Waals surface area contributed by atoms with Crippen molar-refractivity contribution in [2.24, 2.45) is 12.5 Å². The number of aliphatic carboxylic acids is 1. The van der Waals surface area contributed by atoms with E-state index in [1.807, 2.05) is 0 Å². The van der Waals surface area contributed by atoms with Crippen LogP contribution in [0.5, 0.6) is 0 Å². The van der Waals surface area contributed by atoms with Crippen LogP contribution in [0.25, 0.3) is 0 Å². The second-order valence-electron chi connectivity index (χ2n) is 3.61. The fourth-order valence-electron chi connectivity index (χ4n) is 1.26. The molecule has 0 bridgehead atoms. The van der Waals surface area contributed by atoms with E-state index < -0.39 is 17.4 Å². The monoisotopic (exact) mass is 227 g/mol. The number of hydrogen-bond acceptors (Lipinski definition) is 5. The van der Waals surface area contributed by atoms with Crippen molar-refractivity contribution in [3.05, 3.63) is 12.2 Å². The van der Waals surface area contributed by atoms with Crippen molar-refractivity contribution in [3.63, 3.8) is 0 Å². The predicted molar refractivity (Wildman–Crippen MR) is 52.5 cm³/mol. The molecular weight excluding hydrogens is 214 g/mol. The number of carboxylic acid groups (broad SMARTS) is 1. The van der Waals surface area contributed by atoms with Gasteiger partial charge in [0.2, 0.25) is 0 Å². The van der Waals surface area contributed by atoms with Crippen LogP contribution in [-0.2, 0) is 27.8 Å². The molecule has 0 fully saturated rings. The van der Waals surface area contributed by atoms with Gasteiger partial charge in [0.15, 0.2) is 5.41 Å². The molecule has 7 heteroatoms. The Balaban J connectivity index is 3.01. The molecule has 1 aromatic rings. The average molecular weight is 227 g/mol. The van der Waals surface area contributed by atoms with E-state index in [4.69, 9.17) is 5.11 Å². The molecule has 0 aromatic carbocycles. The first-order valence-corrected chi connectivity index (χ1v) is 4.56. The van der Waals surface area contributed by atoms with E-state index in [1.165, 1.54) is 17.9 Å². The SMILES string of the molecule is COC(=O)C(C)(Cc1ncnn1C)C(=O)O. The van der Waals surface area contributed by atoms with Crippen LogP contribution >= 0.6 is 0 Å². The highest BCUT2D eigenvalue weighted by Gasteiger charge is 2.43. The number of rotatable bonds is 4. The maximum Gasteiger partial charge on any atom is 0.323 e. The minimum atomic E-state index is -1.64. The maximum atomic E-state index is 11.5. The number of ether oxygens (including phenoxy) is 1. The number of aromatic nitrogens is 3. The molecular formula is C9H13N3O4. The van der Waals surface area contributed by atoms with Gasteiger partial charge in [-0.15, -0.1) is 0 Å². The molecule has 1 aromatic heterocycles. The molecule has 1 rings (SSSR count). The molecule has 1 heterocycles. The predicted octanol–water partition coefficient (Wildman–Crippen LogP) is -0.379. The Kier molecular flexibility index (Phi) is 3.26. The van der Waals surface area contributed by atoms with Crippen LogP contribution in [-0.4, -0.2) is 38.9 Å². The summed E-state index contributed by atoms with van der Waals surface area (Å²) in [6, 6.07) is 0. The van der Waals surface area contributed by atoms with Crippen molar-refractivity contribution >= 4 is 11.9 Å². The third kappa shape index (κ3) is 2.02. The van der Waals surface area contributed by atoms with Gasteiger partial charge in [0, 0.05) is 13.5 Å². The highest BCUT2D eigenvalue weighted by atomic mass is 16.5. The van der Waals surface area contributed by atoms with Gasteiger partial charge in [-0.25, -0.2) is 4.98 Å². The van der Waals surface area contributed by atoms with E-state index >= 15 is 0 Å². The molecule has 88 valence electrons. The molecule has 1 N–H and O–H groups in total. The summed E-state index contributed by atoms with van der Waals surface area (Å²) < 4.78 is 5.91. The van der Waals surface area contributed by atoms with Gasteiger partial charge in [-0.1, -0.05) is 0 Å². The fraction of sp³-hybridized carbons (Fsp3) is 0.556. The molecule has 16 heavy (non-hydrogen) atoms. The summed E-state index contributed by atoms with van der Waals surface area (Å²) in [5.41, 5.74) is -1.64. The minimum absolute atomic E-state index is 0.0640. The van der Waals surface area contributed by atoms with E-state index in [9.17, 15) is 9.59 Å². The first-order chi connectivity index (χ1) is 7.41. The summed E-state index contributed by atoms with van der Waals surface area (Å²) in [5.74, 6) is -1.64. The highest BCUT2D eigenvalue weighted by Crippen LogP contribution is 2.23. The molecule has 0 aliphatic rings. The van der Waals surface area contributed by atoms with E-state index in [0.29, 0.717) is 5.82 Å². The number of methoxy groups -OCH3 is 1. The minimum Gasteiger partial charge on any atom is -0.480 e. The smallest absolute Gasteiger partial charge is 0.323 e. The van der Waals surface area contributed by atoms with Gasteiger partial charge < -0.3 is 9.84 Å². The van der Waals surface area contributed by atoms with Crippen LogP contribution in [0.4, 0.5) is 0 Å². The van der Waals surface area contributed by atoms with Gasteiger partial charge in [-0.05, 0) is 6.92 Å². The van der Waals surface area contributed by atoms with Crippen molar-refractivity contribution in [2.45, 2.75) is 13.3 Å². The molecule has 1 atom stereocenters. The number of hydrogen-bond donors (Lipinski definition) is 1. The Morgan fingerprint density at radius 2 is 2.25 bits per heavy atom. The van der Waals surface area contributed by atoms with Crippen molar-refractivity contribution in [1.82, 2.24) is 14.8 Å². The fourth-order valence-corrected chi connectivity index (χ4v) is 1.26. The Morgan fingerprint density at radius 3 is 2.62 bits per heavy atom. The Morgan fingerprint density at radius 1 is 1.62 bits per heavy atom. The molecule has 0 saturated carbocycles. The summed E-state index contributed by atoms with van der Waals surface area (Å²) in [6.45, 7) is 1.30. The van der Waals surface area contributed by atoms with Crippen molar-refractivity contribution in [1.29, 1.82) is 0 Å². The number of carboxylic acids is 1. The van der Waals surface area contributed by atoms with E-state index in [2.05, 4.69) is 14.8 Å². The standard InChI is InChI=1S/C9H13N3O4/c1-9(7(13)14,8(15)16-3)4-6-10-5-11-12(6)2/h5H,4H2,1-3H3,(H,13,14). The molecule has 0 aliphatic carbocycles. The summed E-state index contributed by atoms with van der Waals surface area (Å²) >= 11 is 0. The highest BCUT2D eigenvalue weighted by molar-refractivity contribution is 5.98. The number of esters is 1. The molecule has 0 aliphatic heterocycles. The first kappa shape index (κ1) is 12.2. The van der Waals surface area contributed by atoms with Crippen molar-refractivity contribution in [2.75, 3.05) is 7.11 Å². The zero-order chi connectivity index (χ0) is 12.3. The van der Waals surface area contributed by atoms with Gasteiger partial charge in [0.1, 0.15) is 12.2 Å². The maximum absolute atomic E-state index is 11.5. The number of nitrogens with zero attached hydrogens (tertiary/aromatic N) is 3. The van der Waals surface area contributed by atoms with Crippen LogP contribution in [0.1, 0.15) is 12.7 Å². The van der Waals surface area contributed by atoms with Crippen LogP contribution in [0.15, 0.2) is 6.33 Å². The summed E-state index contributed by atoms with van der Waals surface area (Å²) in [6.07, 6.45) is 1.24. The van der Waals surface area contributed by atoms with Gasteiger partial charge in [0.25, 0.3) is 0 Å². The second-order valence-corrected chi connectivity index (χ2v) is 3.61. The zero-order valence-electron chi connectivity index (χ0n) is 9.30. The molecule has 0 spiro atoms. The van der Waals surface area contributed by atoms with E-state index in [-0.39, 0.29) is 6.42 Å². The molecule has 7 nitrogen and oxygen atoms in total. The number of aryl methyl sites for hydroxylation is 1. The molecule has 0 radical (unpaired) electrons. The quantitative estimate of drug-likeness (QED) is 0.556. The molecule has 0 amide bonds. The number of carbonyl (C=O) groups excluding carboxylic acids is 1. The summed E-state index contributed by atoms with van der Waals surface area (Å²) in [7, 11) is 2.78. The molecule has 0 saturated heterocycles. The lowest BCUT2D eigenvalue weighted by Crippen LogP contribution is -2.40. The van der Waals surface area contributed by atoms with Crippen LogP contribution in [0.3, 0.4) is 0 Å². The average Bonchev–Trinajstić information content (AvgIpc) is 2.62.